The molecule has 0 amide bonds. The summed E-state index contributed by atoms with van der Waals surface area (Å²) in [5.41, 5.74) is 3.38. The quantitative estimate of drug-likeness (QED) is 0.589. The van der Waals surface area contributed by atoms with E-state index in [1.165, 1.54) is 12.7 Å². The van der Waals surface area contributed by atoms with Crippen LogP contribution in [0.3, 0.4) is 0 Å². The van der Waals surface area contributed by atoms with Crippen molar-refractivity contribution in [1.82, 2.24) is 0 Å². The lowest BCUT2D eigenvalue weighted by molar-refractivity contribution is -0.147. The first kappa shape index (κ1) is 18.7. The molecule has 5 nitrogen and oxygen atoms in total. The highest BCUT2D eigenvalue weighted by Gasteiger charge is 2.30. The molecular weight excluding hydrogens is 344 g/mol. The van der Waals surface area contributed by atoms with Crippen molar-refractivity contribution in [2.45, 2.75) is 33.3 Å². The Kier molecular flexibility index (Phi) is 5.31. The topological polar surface area (TPSA) is 61.8 Å². The highest BCUT2D eigenvalue weighted by molar-refractivity contribution is 6.15. The van der Waals surface area contributed by atoms with Crippen molar-refractivity contribution in [3.05, 3.63) is 64.4 Å². The van der Waals surface area contributed by atoms with Crippen LogP contribution in [0.15, 0.2) is 42.2 Å². The Morgan fingerprint density at radius 3 is 2.56 bits per heavy atom. The molecule has 0 fully saturated rings. The number of fused-ring (bicyclic) bond motifs is 1. The zero-order chi connectivity index (χ0) is 19.6. The first-order chi connectivity index (χ1) is 12.9. The van der Waals surface area contributed by atoms with Crippen LogP contribution in [0.5, 0.6) is 11.5 Å². The third-order valence-electron chi connectivity index (χ3n) is 4.48. The van der Waals surface area contributed by atoms with E-state index in [1.54, 1.807) is 25.1 Å². The second-order valence-electron chi connectivity index (χ2n) is 6.43. The molecule has 0 spiro atoms. The first-order valence-electron chi connectivity index (χ1n) is 8.85. The van der Waals surface area contributed by atoms with E-state index in [0.717, 1.165) is 17.5 Å². The smallest absolute Gasteiger partial charge is 0.346 e. The number of aryl methyl sites for hydroxylation is 2. The molecule has 0 aliphatic carbocycles. The maximum atomic E-state index is 12.7. The van der Waals surface area contributed by atoms with E-state index in [0.29, 0.717) is 17.1 Å². The summed E-state index contributed by atoms with van der Waals surface area (Å²) < 4.78 is 16.1. The Morgan fingerprint density at radius 1 is 1.22 bits per heavy atom. The van der Waals surface area contributed by atoms with Crippen molar-refractivity contribution < 1.29 is 23.8 Å². The van der Waals surface area contributed by atoms with Gasteiger partial charge < -0.3 is 14.2 Å². The Hall–Kier alpha value is -3.08. The first-order valence-corrected chi connectivity index (χ1v) is 8.85. The summed E-state index contributed by atoms with van der Waals surface area (Å²) in [5.74, 6) is 0.528. The van der Waals surface area contributed by atoms with Gasteiger partial charge in [0.1, 0.15) is 11.5 Å². The number of rotatable bonds is 5. The van der Waals surface area contributed by atoms with Crippen LogP contribution in [0.1, 0.15) is 40.9 Å². The fraction of sp³-hybridized carbons (Fsp3) is 0.273. The van der Waals surface area contributed by atoms with Crippen molar-refractivity contribution in [3.8, 4) is 11.5 Å². The standard InChI is InChI=1S/C22H22O5/c1-5-15-6-8-16(9-7-15)11-19-21(23)20-13(2)10-17(12-18(20)27-19)26-14(3)22(24)25-4/h6-12,14H,5H2,1-4H3/b19-11-. The van der Waals surface area contributed by atoms with E-state index in [-0.39, 0.29) is 11.5 Å². The van der Waals surface area contributed by atoms with Crippen molar-refractivity contribution in [3.63, 3.8) is 0 Å². The molecule has 1 aliphatic heterocycles. The third kappa shape index (κ3) is 3.87. The summed E-state index contributed by atoms with van der Waals surface area (Å²) in [6, 6.07) is 11.3. The number of ketones is 1. The van der Waals surface area contributed by atoms with Crippen LogP contribution in [0.4, 0.5) is 0 Å². The number of hydrogen-bond donors (Lipinski definition) is 0. The van der Waals surface area contributed by atoms with E-state index < -0.39 is 12.1 Å². The largest absolute Gasteiger partial charge is 0.479 e. The Balaban J connectivity index is 1.86. The molecule has 27 heavy (non-hydrogen) atoms. The lowest BCUT2D eigenvalue weighted by atomic mass is 10.0. The van der Waals surface area contributed by atoms with Crippen LogP contribution < -0.4 is 9.47 Å². The summed E-state index contributed by atoms with van der Waals surface area (Å²) in [4.78, 5) is 24.3. The maximum Gasteiger partial charge on any atom is 0.346 e. The number of carbonyl (C=O) groups is 2. The molecule has 140 valence electrons. The highest BCUT2D eigenvalue weighted by Crippen LogP contribution is 2.37. The molecule has 0 saturated carbocycles. The van der Waals surface area contributed by atoms with E-state index in [1.807, 2.05) is 31.2 Å². The molecule has 1 aliphatic rings. The monoisotopic (exact) mass is 366 g/mol. The number of ether oxygens (including phenoxy) is 3. The van der Waals surface area contributed by atoms with Gasteiger partial charge in [0, 0.05) is 6.07 Å². The van der Waals surface area contributed by atoms with Gasteiger partial charge in [-0.05, 0) is 49.1 Å². The lowest BCUT2D eigenvalue weighted by Gasteiger charge is -2.13. The summed E-state index contributed by atoms with van der Waals surface area (Å²) in [6.45, 7) is 5.51. The molecule has 2 aromatic rings. The predicted molar refractivity (Wildman–Crippen MR) is 102 cm³/mol. The van der Waals surface area contributed by atoms with Crippen LogP contribution in [-0.4, -0.2) is 25.0 Å². The normalized spacial score (nSPS) is 15.3. The summed E-state index contributed by atoms with van der Waals surface area (Å²) in [5, 5.41) is 0. The zero-order valence-corrected chi connectivity index (χ0v) is 15.9. The zero-order valence-electron chi connectivity index (χ0n) is 15.9. The maximum absolute atomic E-state index is 12.7. The third-order valence-corrected chi connectivity index (χ3v) is 4.48. The highest BCUT2D eigenvalue weighted by atomic mass is 16.6. The van der Waals surface area contributed by atoms with E-state index >= 15 is 0 Å². The molecule has 0 bridgehead atoms. The summed E-state index contributed by atoms with van der Waals surface area (Å²) in [6.07, 6.45) is 1.94. The molecule has 1 heterocycles. The summed E-state index contributed by atoms with van der Waals surface area (Å²) >= 11 is 0. The van der Waals surface area contributed by atoms with Gasteiger partial charge in [-0.15, -0.1) is 0 Å². The van der Waals surface area contributed by atoms with E-state index in [9.17, 15) is 9.59 Å². The van der Waals surface area contributed by atoms with Gasteiger partial charge in [0.25, 0.3) is 0 Å². The molecule has 1 unspecified atom stereocenters. The Bertz CT molecular complexity index is 909. The number of hydrogen-bond acceptors (Lipinski definition) is 5. The van der Waals surface area contributed by atoms with Gasteiger partial charge in [-0.2, -0.15) is 0 Å². The van der Waals surface area contributed by atoms with Crippen molar-refractivity contribution in [1.29, 1.82) is 0 Å². The second-order valence-corrected chi connectivity index (χ2v) is 6.43. The van der Waals surface area contributed by atoms with Crippen LogP contribution in [0.2, 0.25) is 0 Å². The van der Waals surface area contributed by atoms with Crippen LogP contribution >= 0.6 is 0 Å². The minimum absolute atomic E-state index is 0.158. The SMILES string of the molecule is CCc1ccc(/C=C2\Oc3cc(OC(C)C(=O)OC)cc(C)c3C2=O)cc1. The van der Waals surface area contributed by atoms with E-state index in [4.69, 9.17) is 9.47 Å². The molecule has 0 N–H and O–H groups in total. The average molecular weight is 366 g/mol. The number of methoxy groups -OCH3 is 1. The van der Waals surface area contributed by atoms with Crippen molar-refractivity contribution >= 4 is 17.8 Å². The second kappa shape index (κ2) is 7.66. The lowest BCUT2D eigenvalue weighted by Crippen LogP contribution is -2.24. The van der Waals surface area contributed by atoms with Gasteiger partial charge in [0.2, 0.25) is 5.78 Å². The molecule has 2 aromatic carbocycles. The molecule has 1 atom stereocenters. The molecule has 0 aromatic heterocycles. The summed E-state index contributed by atoms with van der Waals surface area (Å²) in [7, 11) is 1.31. The van der Waals surface area contributed by atoms with Crippen LogP contribution in [0.25, 0.3) is 6.08 Å². The number of Topliss-reactive ketones (excluding diaryl/α,β-unsaturated/α-hetero) is 1. The van der Waals surface area contributed by atoms with Crippen molar-refractivity contribution in [2.75, 3.05) is 7.11 Å². The molecule has 0 radical (unpaired) electrons. The van der Waals surface area contributed by atoms with Crippen LogP contribution in [-0.2, 0) is 16.0 Å². The number of allylic oxidation sites excluding steroid dienone is 1. The van der Waals surface area contributed by atoms with Crippen molar-refractivity contribution in [2.24, 2.45) is 0 Å². The van der Waals surface area contributed by atoms with Crippen LogP contribution in [0, 0.1) is 6.92 Å². The number of esters is 1. The predicted octanol–water partition coefficient (Wildman–Crippen LogP) is 4.11. The minimum atomic E-state index is -0.753. The average Bonchev–Trinajstić information content (AvgIpc) is 2.97. The minimum Gasteiger partial charge on any atom is -0.479 e. The molecule has 5 heteroatoms. The van der Waals surface area contributed by atoms with Gasteiger partial charge in [-0.1, -0.05) is 31.2 Å². The number of carbonyl (C=O) groups excluding carboxylic acids is 2. The fourth-order valence-electron chi connectivity index (χ4n) is 2.96. The van der Waals surface area contributed by atoms with Gasteiger partial charge in [-0.25, -0.2) is 4.79 Å². The molecule has 3 rings (SSSR count). The molecular formula is C22H22O5. The van der Waals surface area contributed by atoms with Gasteiger partial charge in [0.05, 0.1) is 12.7 Å². The fourth-order valence-corrected chi connectivity index (χ4v) is 2.96. The van der Waals surface area contributed by atoms with Gasteiger partial charge in [0.15, 0.2) is 11.9 Å². The Labute approximate surface area is 158 Å². The van der Waals surface area contributed by atoms with Gasteiger partial charge >= 0.3 is 5.97 Å². The van der Waals surface area contributed by atoms with Gasteiger partial charge in [-0.3, -0.25) is 4.79 Å². The number of benzene rings is 2. The van der Waals surface area contributed by atoms with E-state index in [2.05, 4.69) is 11.7 Å². The molecule has 0 saturated heterocycles. The Morgan fingerprint density at radius 2 is 1.93 bits per heavy atom.